The highest BCUT2D eigenvalue weighted by Crippen LogP contribution is 2.19. The summed E-state index contributed by atoms with van der Waals surface area (Å²) in [4.78, 5) is 10.0. The molecule has 7 heteroatoms. The first-order chi connectivity index (χ1) is 8.65. The van der Waals surface area contributed by atoms with Crippen molar-refractivity contribution in [3.05, 3.63) is 51.8 Å². The monoisotopic (exact) mass is 244 g/mol. The van der Waals surface area contributed by atoms with Gasteiger partial charge in [-0.25, -0.2) is 4.68 Å². The fourth-order valence-electron chi connectivity index (χ4n) is 1.46. The van der Waals surface area contributed by atoms with Gasteiger partial charge in [0.05, 0.1) is 17.2 Å². The van der Waals surface area contributed by atoms with Crippen LogP contribution in [0.15, 0.2) is 30.5 Å². The summed E-state index contributed by atoms with van der Waals surface area (Å²) in [7, 11) is 0. The molecule has 0 aliphatic rings. The number of rotatable bonds is 3. The standard InChI is InChI=1S/C11H8N4O3/c12-5-10-11(15(17)18)6-14(13-10)9-3-1-8(7-16)2-4-9/h1-4,6,16H,7H2. The Balaban J connectivity index is 2.45. The molecule has 2 rings (SSSR count). The van der Waals surface area contributed by atoms with E-state index in [2.05, 4.69) is 5.10 Å². The Bertz CT molecular complexity index is 625. The fraction of sp³-hybridized carbons (Fsp3) is 0.0909. The van der Waals surface area contributed by atoms with E-state index in [4.69, 9.17) is 10.4 Å². The van der Waals surface area contributed by atoms with Gasteiger partial charge in [0.15, 0.2) is 0 Å². The van der Waals surface area contributed by atoms with Gasteiger partial charge >= 0.3 is 5.69 Å². The van der Waals surface area contributed by atoms with Crippen LogP contribution in [0.4, 0.5) is 5.69 Å². The molecule has 0 spiro atoms. The maximum Gasteiger partial charge on any atom is 0.325 e. The maximum atomic E-state index is 10.7. The number of aliphatic hydroxyl groups is 1. The Morgan fingerprint density at radius 2 is 2.11 bits per heavy atom. The number of aliphatic hydroxyl groups excluding tert-OH is 1. The smallest absolute Gasteiger partial charge is 0.325 e. The molecular weight excluding hydrogens is 236 g/mol. The third-order valence-corrected chi connectivity index (χ3v) is 2.38. The number of nitro groups is 1. The van der Waals surface area contributed by atoms with E-state index in [-0.39, 0.29) is 18.0 Å². The molecule has 90 valence electrons. The van der Waals surface area contributed by atoms with E-state index in [0.29, 0.717) is 5.69 Å². The molecule has 7 nitrogen and oxygen atoms in total. The molecule has 0 radical (unpaired) electrons. The highest BCUT2D eigenvalue weighted by Gasteiger charge is 2.19. The van der Waals surface area contributed by atoms with Crippen LogP contribution in [0.5, 0.6) is 0 Å². The van der Waals surface area contributed by atoms with Crippen molar-refractivity contribution in [1.29, 1.82) is 5.26 Å². The number of nitrogens with zero attached hydrogens (tertiary/aromatic N) is 4. The minimum Gasteiger partial charge on any atom is -0.392 e. The molecule has 2 aromatic rings. The maximum absolute atomic E-state index is 10.7. The van der Waals surface area contributed by atoms with Crippen LogP contribution >= 0.6 is 0 Å². The minimum atomic E-state index is -0.649. The lowest BCUT2D eigenvalue weighted by molar-refractivity contribution is -0.385. The second kappa shape index (κ2) is 4.65. The molecule has 0 saturated heterocycles. The average molecular weight is 244 g/mol. The summed E-state index contributed by atoms with van der Waals surface area (Å²) >= 11 is 0. The van der Waals surface area contributed by atoms with Crippen molar-refractivity contribution in [2.24, 2.45) is 0 Å². The molecule has 0 fully saturated rings. The van der Waals surface area contributed by atoms with Gasteiger partial charge in [0.2, 0.25) is 5.69 Å². The van der Waals surface area contributed by atoms with Crippen molar-refractivity contribution < 1.29 is 10.0 Å². The SMILES string of the molecule is N#Cc1nn(-c2ccc(CO)cc2)cc1[N+](=O)[O-]. The Hall–Kier alpha value is -2.72. The molecule has 1 N–H and O–H groups in total. The minimum absolute atomic E-state index is 0.0804. The first kappa shape index (κ1) is 11.8. The Kier molecular flexibility index (Phi) is 3.03. The van der Waals surface area contributed by atoms with Crippen LogP contribution < -0.4 is 0 Å². The zero-order valence-electron chi connectivity index (χ0n) is 9.15. The van der Waals surface area contributed by atoms with Gasteiger partial charge in [0, 0.05) is 0 Å². The molecule has 0 saturated carbocycles. The summed E-state index contributed by atoms with van der Waals surface area (Å²) in [6, 6.07) is 8.34. The predicted molar refractivity (Wildman–Crippen MR) is 60.9 cm³/mol. The van der Waals surface area contributed by atoms with Crippen molar-refractivity contribution in [3.8, 4) is 11.8 Å². The summed E-state index contributed by atoms with van der Waals surface area (Å²) in [5, 5.41) is 32.2. The van der Waals surface area contributed by atoms with Crippen LogP contribution in [-0.2, 0) is 6.61 Å². The molecule has 18 heavy (non-hydrogen) atoms. The molecule has 0 atom stereocenters. The highest BCUT2D eigenvalue weighted by molar-refractivity contribution is 5.45. The predicted octanol–water partition coefficient (Wildman–Crippen LogP) is 1.14. The molecule has 0 unspecified atom stereocenters. The third-order valence-electron chi connectivity index (χ3n) is 2.38. The van der Waals surface area contributed by atoms with Crippen LogP contribution in [0.1, 0.15) is 11.3 Å². The quantitative estimate of drug-likeness (QED) is 0.643. The molecule has 1 heterocycles. The number of nitriles is 1. The van der Waals surface area contributed by atoms with Gasteiger partial charge in [0.1, 0.15) is 12.3 Å². The van der Waals surface area contributed by atoms with E-state index in [1.54, 1.807) is 30.3 Å². The van der Waals surface area contributed by atoms with Crippen molar-refractivity contribution in [2.75, 3.05) is 0 Å². The van der Waals surface area contributed by atoms with Gasteiger partial charge in [-0.1, -0.05) is 12.1 Å². The van der Waals surface area contributed by atoms with Crippen molar-refractivity contribution in [3.63, 3.8) is 0 Å². The van der Waals surface area contributed by atoms with Crippen LogP contribution in [-0.4, -0.2) is 19.8 Å². The second-order valence-corrected chi connectivity index (χ2v) is 3.50. The number of hydrogen-bond donors (Lipinski definition) is 1. The molecule has 0 aliphatic heterocycles. The molecule has 1 aromatic heterocycles. The first-order valence-corrected chi connectivity index (χ1v) is 5.00. The Morgan fingerprint density at radius 1 is 1.44 bits per heavy atom. The van der Waals surface area contributed by atoms with Crippen molar-refractivity contribution >= 4 is 5.69 Å². The number of benzene rings is 1. The normalized spacial score (nSPS) is 10.0. The van der Waals surface area contributed by atoms with Crippen LogP contribution in [0, 0.1) is 21.4 Å². The zero-order chi connectivity index (χ0) is 13.1. The van der Waals surface area contributed by atoms with Gasteiger partial charge in [-0.05, 0) is 17.7 Å². The average Bonchev–Trinajstić information content (AvgIpc) is 2.83. The molecule has 0 bridgehead atoms. The van der Waals surface area contributed by atoms with E-state index >= 15 is 0 Å². The van der Waals surface area contributed by atoms with Gasteiger partial charge < -0.3 is 5.11 Å². The lowest BCUT2D eigenvalue weighted by atomic mass is 10.2. The number of aromatic nitrogens is 2. The Labute approximate surface area is 102 Å². The van der Waals surface area contributed by atoms with E-state index in [1.165, 1.54) is 10.9 Å². The summed E-state index contributed by atoms with van der Waals surface area (Å²) < 4.78 is 1.26. The topological polar surface area (TPSA) is 105 Å². The first-order valence-electron chi connectivity index (χ1n) is 5.00. The number of hydrogen-bond acceptors (Lipinski definition) is 5. The van der Waals surface area contributed by atoms with Crippen molar-refractivity contribution in [2.45, 2.75) is 6.61 Å². The fourth-order valence-corrected chi connectivity index (χ4v) is 1.46. The van der Waals surface area contributed by atoms with E-state index < -0.39 is 4.92 Å². The summed E-state index contributed by atoms with van der Waals surface area (Å²) in [5.41, 5.74) is 0.743. The van der Waals surface area contributed by atoms with Gasteiger partial charge in [0.25, 0.3) is 0 Å². The lowest BCUT2D eigenvalue weighted by Crippen LogP contribution is -1.95. The zero-order valence-corrected chi connectivity index (χ0v) is 9.15. The van der Waals surface area contributed by atoms with Gasteiger partial charge in [-0.3, -0.25) is 10.1 Å². The lowest BCUT2D eigenvalue weighted by Gasteiger charge is -2.01. The Morgan fingerprint density at radius 3 is 2.56 bits per heavy atom. The molecule has 0 aliphatic carbocycles. The van der Waals surface area contributed by atoms with E-state index in [0.717, 1.165) is 5.56 Å². The van der Waals surface area contributed by atoms with E-state index in [9.17, 15) is 10.1 Å². The summed E-state index contributed by atoms with van der Waals surface area (Å²) in [6.07, 6.45) is 1.19. The summed E-state index contributed by atoms with van der Waals surface area (Å²) in [5.74, 6) is 0. The largest absolute Gasteiger partial charge is 0.392 e. The van der Waals surface area contributed by atoms with Crippen LogP contribution in [0.3, 0.4) is 0 Å². The molecule has 0 amide bonds. The molecule has 1 aromatic carbocycles. The molecular formula is C11H8N4O3. The third kappa shape index (κ3) is 2.05. The van der Waals surface area contributed by atoms with Gasteiger partial charge in [-0.15, -0.1) is 5.10 Å². The second-order valence-electron chi connectivity index (χ2n) is 3.50. The van der Waals surface area contributed by atoms with E-state index in [1.807, 2.05) is 0 Å². The van der Waals surface area contributed by atoms with Crippen LogP contribution in [0.25, 0.3) is 5.69 Å². The van der Waals surface area contributed by atoms with Gasteiger partial charge in [-0.2, -0.15) is 5.26 Å². The van der Waals surface area contributed by atoms with Crippen LogP contribution in [0.2, 0.25) is 0 Å². The van der Waals surface area contributed by atoms with Crippen molar-refractivity contribution in [1.82, 2.24) is 9.78 Å². The highest BCUT2D eigenvalue weighted by atomic mass is 16.6. The summed E-state index contributed by atoms with van der Waals surface area (Å²) in [6.45, 7) is -0.0804.